The maximum Gasteiger partial charge on any atom is 0.325 e. The van der Waals surface area contributed by atoms with Gasteiger partial charge in [-0.1, -0.05) is 0 Å². The molecule has 9 heteroatoms. The van der Waals surface area contributed by atoms with Crippen molar-refractivity contribution >= 4 is 17.5 Å². The average Bonchev–Trinajstić information content (AvgIpc) is 2.79. The van der Waals surface area contributed by atoms with Gasteiger partial charge in [0.15, 0.2) is 5.82 Å². The van der Waals surface area contributed by atoms with Crippen molar-refractivity contribution in [1.82, 2.24) is 14.9 Å². The Hall–Kier alpha value is -3.23. The van der Waals surface area contributed by atoms with Crippen LogP contribution in [0.2, 0.25) is 0 Å². The summed E-state index contributed by atoms with van der Waals surface area (Å²) < 4.78 is 16.1. The molecule has 30 heavy (non-hydrogen) atoms. The molecule has 2 amide bonds. The molecule has 0 radical (unpaired) electrons. The normalized spacial score (nSPS) is 13.8. The maximum absolute atomic E-state index is 13.1. The molecule has 0 bridgehead atoms. The first-order valence-electron chi connectivity index (χ1n) is 9.77. The van der Waals surface area contributed by atoms with Gasteiger partial charge in [-0.3, -0.25) is 4.90 Å². The van der Waals surface area contributed by atoms with Gasteiger partial charge in [0.25, 0.3) is 5.88 Å². The topological polar surface area (TPSA) is 80.3 Å². The fraction of sp³-hybridized carbons (Fsp3) is 0.476. The van der Waals surface area contributed by atoms with Crippen molar-refractivity contribution in [1.29, 1.82) is 0 Å². The number of carbonyl (C=O) groups is 1. The van der Waals surface area contributed by atoms with E-state index in [1.807, 2.05) is 36.9 Å². The molecule has 1 fully saturated rings. The van der Waals surface area contributed by atoms with Gasteiger partial charge >= 0.3 is 6.03 Å². The van der Waals surface area contributed by atoms with Crippen molar-refractivity contribution in [3.8, 4) is 17.4 Å². The van der Waals surface area contributed by atoms with Crippen molar-refractivity contribution in [3.05, 3.63) is 29.6 Å². The Morgan fingerprint density at radius 3 is 2.00 bits per heavy atom. The number of hydrogen-bond donors (Lipinski definition) is 0. The number of aryl methyl sites for hydroxylation is 2. The molecular formula is C21H29N5O4. The van der Waals surface area contributed by atoms with Crippen LogP contribution in [0.5, 0.6) is 17.4 Å². The lowest BCUT2D eigenvalue weighted by Crippen LogP contribution is -2.52. The third-order valence-corrected chi connectivity index (χ3v) is 5.31. The molecule has 0 atom stereocenters. The van der Waals surface area contributed by atoms with Crippen LogP contribution in [0.4, 0.5) is 16.3 Å². The number of carbonyl (C=O) groups excluding carboxylic acids is 1. The second-order valence-corrected chi connectivity index (χ2v) is 7.11. The molecule has 2 heterocycles. The zero-order valence-corrected chi connectivity index (χ0v) is 18.4. The van der Waals surface area contributed by atoms with Gasteiger partial charge in [-0.25, -0.2) is 14.8 Å². The monoisotopic (exact) mass is 415 g/mol. The number of piperazine rings is 1. The highest BCUT2D eigenvalue weighted by molar-refractivity contribution is 5.91. The highest BCUT2D eigenvalue weighted by atomic mass is 16.5. The molecule has 1 aromatic heterocycles. The summed E-state index contributed by atoms with van der Waals surface area (Å²) in [5.41, 5.74) is 2.55. The summed E-state index contributed by atoms with van der Waals surface area (Å²) in [5.74, 6) is 2.24. The molecule has 1 aliphatic rings. The van der Waals surface area contributed by atoms with Gasteiger partial charge in [0.1, 0.15) is 11.5 Å². The number of rotatable bonds is 5. The molecule has 0 saturated carbocycles. The summed E-state index contributed by atoms with van der Waals surface area (Å²) in [6, 6.07) is 5.66. The minimum atomic E-state index is -0.131. The predicted molar refractivity (Wildman–Crippen MR) is 115 cm³/mol. The van der Waals surface area contributed by atoms with Gasteiger partial charge in [-0.2, -0.15) is 0 Å². The number of amides is 2. The smallest absolute Gasteiger partial charge is 0.325 e. The van der Waals surface area contributed by atoms with Gasteiger partial charge in [-0.05, 0) is 13.8 Å². The van der Waals surface area contributed by atoms with Gasteiger partial charge in [0.05, 0.1) is 32.7 Å². The Balaban J connectivity index is 1.71. The van der Waals surface area contributed by atoms with Crippen LogP contribution >= 0.6 is 0 Å². The highest BCUT2D eigenvalue weighted by Gasteiger charge is 2.27. The molecule has 9 nitrogen and oxygen atoms in total. The number of ether oxygens (including phenoxy) is 3. The summed E-state index contributed by atoms with van der Waals surface area (Å²) in [6.07, 6.45) is 0. The molecule has 0 unspecified atom stereocenters. The molecule has 1 aromatic carbocycles. The largest absolute Gasteiger partial charge is 0.497 e. The van der Waals surface area contributed by atoms with Crippen LogP contribution in [0.3, 0.4) is 0 Å². The highest BCUT2D eigenvalue weighted by Crippen LogP contribution is 2.30. The van der Waals surface area contributed by atoms with E-state index >= 15 is 0 Å². The lowest BCUT2D eigenvalue weighted by Gasteiger charge is -2.37. The lowest BCUT2D eigenvalue weighted by molar-refractivity contribution is 0.202. The summed E-state index contributed by atoms with van der Waals surface area (Å²) in [4.78, 5) is 27.5. The third-order valence-electron chi connectivity index (χ3n) is 5.31. The van der Waals surface area contributed by atoms with Crippen LogP contribution in [-0.2, 0) is 0 Å². The number of aromatic nitrogens is 2. The predicted octanol–water partition coefficient (Wildman–Crippen LogP) is 2.50. The number of nitrogens with zero attached hydrogens (tertiary/aromatic N) is 5. The Morgan fingerprint density at radius 1 is 0.900 bits per heavy atom. The van der Waals surface area contributed by atoms with Crippen LogP contribution in [0, 0.1) is 13.8 Å². The van der Waals surface area contributed by atoms with Crippen molar-refractivity contribution in [2.75, 3.05) is 64.4 Å². The molecule has 3 rings (SSSR count). The molecular weight excluding hydrogens is 386 g/mol. The van der Waals surface area contributed by atoms with Crippen molar-refractivity contribution in [2.24, 2.45) is 0 Å². The molecule has 162 valence electrons. The van der Waals surface area contributed by atoms with E-state index in [1.54, 1.807) is 21.3 Å². The Kier molecular flexibility index (Phi) is 6.49. The van der Waals surface area contributed by atoms with E-state index in [-0.39, 0.29) is 6.03 Å². The molecule has 2 aromatic rings. The summed E-state index contributed by atoms with van der Waals surface area (Å²) in [7, 11) is 6.49. The standard InChI is InChI=1S/C21H29N5O4/c1-14-15(2)23-20(30-6)19(22-14)24(3)21(27)26-9-7-25(8-10-26)16-11-17(28-4)13-18(12-16)29-5/h11-13H,7-10H2,1-6H3. The molecule has 0 N–H and O–H groups in total. The first kappa shape index (κ1) is 21.5. The number of methoxy groups -OCH3 is 3. The van der Waals surface area contributed by atoms with Crippen LogP contribution in [0.1, 0.15) is 11.4 Å². The lowest BCUT2D eigenvalue weighted by atomic mass is 10.2. The third kappa shape index (κ3) is 4.34. The number of benzene rings is 1. The van der Waals surface area contributed by atoms with Crippen LogP contribution < -0.4 is 24.0 Å². The SMILES string of the molecule is COc1cc(OC)cc(N2CCN(C(=O)N(C)c3nc(C)c(C)nc3OC)CC2)c1. The van der Waals surface area contributed by atoms with Gasteiger partial charge in [0, 0.05) is 57.1 Å². The zero-order chi connectivity index (χ0) is 21.8. The number of urea groups is 1. The van der Waals surface area contributed by atoms with E-state index in [0.29, 0.717) is 37.9 Å². The number of hydrogen-bond acceptors (Lipinski definition) is 7. The Labute approximate surface area is 177 Å². The zero-order valence-electron chi connectivity index (χ0n) is 18.4. The van der Waals surface area contributed by atoms with Gasteiger partial charge < -0.3 is 24.0 Å². The second-order valence-electron chi connectivity index (χ2n) is 7.11. The number of anilines is 2. The first-order chi connectivity index (χ1) is 14.4. The van der Waals surface area contributed by atoms with Crippen molar-refractivity contribution < 1.29 is 19.0 Å². The second kappa shape index (κ2) is 9.06. The summed E-state index contributed by atoms with van der Waals surface area (Å²) in [6.45, 7) is 6.30. The Morgan fingerprint density at radius 2 is 1.47 bits per heavy atom. The van der Waals surface area contributed by atoms with E-state index < -0.39 is 0 Å². The van der Waals surface area contributed by atoms with E-state index in [2.05, 4.69) is 14.9 Å². The van der Waals surface area contributed by atoms with E-state index in [4.69, 9.17) is 14.2 Å². The van der Waals surface area contributed by atoms with E-state index in [0.717, 1.165) is 28.6 Å². The summed E-state index contributed by atoms with van der Waals surface area (Å²) in [5, 5.41) is 0. The first-order valence-corrected chi connectivity index (χ1v) is 9.77. The molecule has 1 saturated heterocycles. The minimum absolute atomic E-state index is 0.131. The quantitative estimate of drug-likeness (QED) is 0.742. The van der Waals surface area contributed by atoms with E-state index in [1.165, 1.54) is 12.0 Å². The minimum Gasteiger partial charge on any atom is -0.497 e. The molecule has 0 aliphatic carbocycles. The van der Waals surface area contributed by atoms with Crippen LogP contribution in [-0.4, -0.2) is 75.5 Å². The fourth-order valence-corrected chi connectivity index (χ4v) is 3.36. The van der Waals surface area contributed by atoms with E-state index in [9.17, 15) is 4.79 Å². The van der Waals surface area contributed by atoms with Crippen LogP contribution in [0.15, 0.2) is 18.2 Å². The maximum atomic E-state index is 13.1. The fourth-order valence-electron chi connectivity index (χ4n) is 3.36. The van der Waals surface area contributed by atoms with Gasteiger partial charge in [0.2, 0.25) is 0 Å². The van der Waals surface area contributed by atoms with Gasteiger partial charge in [-0.15, -0.1) is 0 Å². The molecule has 0 spiro atoms. The Bertz CT molecular complexity index is 890. The molecule has 1 aliphatic heterocycles. The average molecular weight is 415 g/mol. The summed E-state index contributed by atoms with van der Waals surface area (Å²) >= 11 is 0. The van der Waals surface area contributed by atoms with Crippen molar-refractivity contribution in [2.45, 2.75) is 13.8 Å². The van der Waals surface area contributed by atoms with Crippen molar-refractivity contribution in [3.63, 3.8) is 0 Å². The van der Waals surface area contributed by atoms with Crippen LogP contribution in [0.25, 0.3) is 0 Å².